The first-order valence-corrected chi connectivity index (χ1v) is 9.99. The second-order valence-electron chi connectivity index (χ2n) is 8.28. The lowest BCUT2D eigenvalue weighted by atomic mass is 10.1. The predicted molar refractivity (Wildman–Crippen MR) is 116 cm³/mol. The molecule has 0 unspecified atom stereocenters. The molecular formula is C19H27ClF2N8. The Balaban J connectivity index is 2.04. The fraction of sp³-hybridized carbons (Fsp3) is 0.526. The zero-order chi connectivity index (χ0) is 22.1. The van der Waals surface area contributed by atoms with Gasteiger partial charge >= 0.3 is 0 Å². The molecule has 0 radical (unpaired) electrons. The van der Waals surface area contributed by atoms with Gasteiger partial charge in [0.25, 0.3) is 5.92 Å². The average molecular weight is 441 g/mol. The number of nitrogens with two attached hydrogens (primary N) is 1. The number of hydrogen-bond donors (Lipinski definition) is 3. The highest BCUT2D eigenvalue weighted by Gasteiger charge is 2.40. The molecule has 11 heteroatoms. The molecule has 0 saturated carbocycles. The first-order chi connectivity index (χ1) is 14.0. The predicted octanol–water partition coefficient (Wildman–Crippen LogP) is 3.50. The highest BCUT2D eigenvalue weighted by molar-refractivity contribution is 6.31. The van der Waals surface area contributed by atoms with Crippen molar-refractivity contribution in [3.8, 4) is 0 Å². The zero-order valence-electron chi connectivity index (χ0n) is 17.5. The number of hydrogen-bond acceptors (Lipinski definition) is 8. The minimum absolute atomic E-state index is 0.177. The number of rotatable bonds is 6. The highest BCUT2D eigenvalue weighted by Crippen LogP contribution is 2.38. The second-order valence-corrected chi connectivity index (χ2v) is 8.69. The molecule has 4 N–H and O–H groups in total. The lowest BCUT2D eigenvalue weighted by Crippen LogP contribution is -2.35. The van der Waals surface area contributed by atoms with Gasteiger partial charge in [0.2, 0.25) is 5.95 Å². The van der Waals surface area contributed by atoms with Crippen LogP contribution in [0.5, 0.6) is 0 Å². The molecule has 1 aliphatic heterocycles. The minimum Gasteiger partial charge on any atom is -0.382 e. The van der Waals surface area contributed by atoms with E-state index in [0.29, 0.717) is 34.0 Å². The van der Waals surface area contributed by atoms with Gasteiger partial charge in [0.15, 0.2) is 11.6 Å². The summed E-state index contributed by atoms with van der Waals surface area (Å²) in [6.07, 6.45) is 1.39. The van der Waals surface area contributed by atoms with Crippen LogP contribution in [0.15, 0.2) is 18.3 Å². The molecule has 0 amide bonds. The van der Waals surface area contributed by atoms with E-state index in [2.05, 4.69) is 25.6 Å². The van der Waals surface area contributed by atoms with Crippen molar-refractivity contribution >= 4 is 34.9 Å². The van der Waals surface area contributed by atoms with Gasteiger partial charge in [-0.15, -0.1) is 0 Å². The molecule has 8 nitrogen and oxygen atoms in total. The standard InChI is InChI=1S/C19H27ClF2N8/c1-18(2,3)28-17-26-15(29-9-7-19(21,22)11-29)14(24-4)16(27-17)30(23)10-13-12(20)6-5-8-25-13/h5-6,8,24H,7,9-11,23H2,1-4H3,(H,26,27,28). The quantitative estimate of drug-likeness (QED) is 0.464. The van der Waals surface area contributed by atoms with Crippen molar-refractivity contribution in [2.45, 2.75) is 45.2 Å². The van der Waals surface area contributed by atoms with E-state index in [4.69, 9.17) is 17.4 Å². The van der Waals surface area contributed by atoms with Crippen LogP contribution in [0.4, 0.5) is 32.1 Å². The molecule has 1 aliphatic rings. The van der Waals surface area contributed by atoms with Crippen molar-refractivity contribution in [3.63, 3.8) is 0 Å². The number of anilines is 4. The van der Waals surface area contributed by atoms with Crippen LogP contribution >= 0.6 is 11.6 Å². The number of halogens is 3. The van der Waals surface area contributed by atoms with Gasteiger partial charge in [-0.1, -0.05) is 11.6 Å². The lowest BCUT2D eigenvalue weighted by Gasteiger charge is -2.28. The first-order valence-electron chi connectivity index (χ1n) is 9.61. The van der Waals surface area contributed by atoms with Crippen LogP contribution in [0.2, 0.25) is 5.02 Å². The van der Waals surface area contributed by atoms with Gasteiger partial charge in [-0.05, 0) is 32.9 Å². The summed E-state index contributed by atoms with van der Waals surface area (Å²) in [4.78, 5) is 14.9. The number of aromatic nitrogens is 3. The third-order valence-electron chi connectivity index (χ3n) is 4.50. The van der Waals surface area contributed by atoms with Crippen molar-refractivity contribution in [3.05, 3.63) is 29.0 Å². The molecule has 1 fully saturated rings. The molecule has 2 aromatic rings. The number of hydrazine groups is 1. The van der Waals surface area contributed by atoms with E-state index in [9.17, 15) is 8.78 Å². The third kappa shape index (κ3) is 5.17. The number of pyridine rings is 1. The fourth-order valence-corrected chi connectivity index (χ4v) is 3.36. The summed E-state index contributed by atoms with van der Waals surface area (Å²) >= 11 is 6.22. The normalized spacial score (nSPS) is 15.9. The Kier molecular flexibility index (Phi) is 6.19. The van der Waals surface area contributed by atoms with E-state index in [1.807, 2.05) is 20.8 Å². The summed E-state index contributed by atoms with van der Waals surface area (Å²) in [5.74, 6) is 4.59. The number of nitrogens with zero attached hydrogens (tertiary/aromatic N) is 5. The molecular weight excluding hydrogens is 414 g/mol. The van der Waals surface area contributed by atoms with Crippen LogP contribution in [-0.4, -0.2) is 46.6 Å². The van der Waals surface area contributed by atoms with Crippen LogP contribution in [0.25, 0.3) is 0 Å². The van der Waals surface area contributed by atoms with Gasteiger partial charge < -0.3 is 15.5 Å². The molecule has 30 heavy (non-hydrogen) atoms. The van der Waals surface area contributed by atoms with Crippen molar-refractivity contribution < 1.29 is 8.78 Å². The van der Waals surface area contributed by atoms with Crippen molar-refractivity contribution in [2.24, 2.45) is 5.84 Å². The number of alkyl halides is 2. The first kappa shape index (κ1) is 22.2. The molecule has 1 saturated heterocycles. The average Bonchev–Trinajstić information content (AvgIpc) is 3.01. The Morgan fingerprint density at radius 3 is 2.63 bits per heavy atom. The van der Waals surface area contributed by atoms with Gasteiger partial charge in [0.05, 0.1) is 23.8 Å². The molecule has 0 bridgehead atoms. The van der Waals surface area contributed by atoms with Gasteiger partial charge in [0, 0.05) is 31.7 Å². The smallest absolute Gasteiger partial charge is 0.266 e. The molecule has 0 atom stereocenters. The topological polar surface area (TPSA) is 95.2 Å². The summed E-state index contributed by atoms with van der Waals surface area (Å²) in [7, 11) is 1.68. The fourth-order valence-electron chi connectivity index (χ4n) is 3.18. The summed E-state index contributed by atoms with van der Waals surface area (Å²) in [5, 5.41) is 8.08. The SMILES string of the molecule is CNc1c(N(N)Cc2ncccc2Cl)nc(NC(C)(C)C)nc1N1CCC(F)(F)C1. The Hall–Kier alpha value is -2.46. The van der Waals surface area contributed by atoms with Crippen LogP contribution in [0, 0.1) is 0 Å². The highest BCUT2D eigenvalue weighted by atomic mass is 35.5. The molecule has 3 heterocycles. The molecule has 0 aliphatic carbocycles. The third-order valence-corrected chi connectivity index (χ3v) is 4.85. The molecule has 0 spiro atoms. The Morgan fingerprint density at radius 2 is 2.07 bits per heavy atom. The minimum atomic E-state index is -2.77. The summed E-state index contributed by atoms with van der Waals surface area (Å²) in [6, 6.07) is 3.45. The van der Waals surface area contributed by atoms with E-state index in [1.54, 1.807) is 30.3 Å². The van der Waals surface area contributed by atoms with E-state index in [-0.39, 0.29) is 25.0 Å². The molecule has 164 valence electrons. The zero-order valence-corrected chi connectivity index (χ0v) is 18.3. The molecule has 3 rings (SSSR count). The lowest BCUT2D eigenvalue weighted by molar-refractivity contribution is 0.0257. The maximum atomic E-state index is 13.9. The van der Waals surface area contributed by atoms with Gasteiger partial charge in [-0.2, -0.15) is 9.97 Å². The Morgan fingerprint density at radius 1 is 1.33 bits per heavy atom. The van der Waals surface area contributed by atoms with Crippen LogP contribution in [-0.2, 0) is 6.54 Å². The van der Waals surface area contributed by atoms with Crippen molar-refractivity contribution in [1.82, 2.24) is 15.0 Å². The maximum Gasteiger partial charge on any atom is 0.266 e. The van der Waals surface area contributed by atoms with Crippen LogP contribution < -0.4 is 26.4 Å². The second kappa shape index (κ2) is 8.35. The van der Waals surface area contributed by atoms with Crippen molar-refractivity contribution in [2.75, 3.05) is 40.7 Å². The van der Waals surface area contributed by atoms with Crippen LogP contribution in [0.3, 0.4) is 0 Å². The summed E-state index contributed by atoms with van der Waals surface area (Å²) < 4.78 is 27.8. The summed E-state index contributed by atoms with van der Waals surface area (Å²) in [5.41, 5.74) is 0.692. The maximum absolute atomic E-state index is 13.9. The van der Waals surface area contributed by atoms with E-state index in [1.165, 1.54) is 5.01 Å². The van der Waals surface area contributed by atoms with Gasteiger partial charge in [-0.3, -0.25) is 9.99 Å². The molecule has 2 aromatic heterocycles. The monoisotopic (exact) mass is 440 g/mol. The molecule has 0 aromatic carbocycles. The Labute approximate surface area is 179 Å². The van der Waals surface area contributed by atoms with E-state index >= 15 is 0 Å². The van der Waals surface area contributed by atoms with Gasteiger partial charge in [0.1, 0.15) is 5.69 Å². The van der Waals surface area contributed by atoms with E-state index in [0.717, 1.165) is 0 Å². The van der Waals surface area contributed by atoms with Crippen molar-refractivity contribution in [1.29, 1.82) is 0 Å². The summed E-state index contributed by atoms with van der Waals surface area (Å²) in [6.45, 7) is 5.82. The van der Waals surface area contributed by atoms with E-state index < -0.39 is 12.5 Å². The number of nitrogens with one attached hydrogen (secondary N) is 2. The largest absolute Gasteiger partial charge is 0.382 e. The van der Waals surface area contributed by atoms with Gasteiger partial charge in [-0.25, -0.2) is 14.6 Å². The van der Waals surface area contributed by atoms with Crippen LogP contribution in [0.1, 0.15) is 32.9 Å². The Bertz CT molecular complexity index is 903.